The predicted octanol–water partition coefficient (Wildman–Crippen LogP) is 2.89. The molecule has 6 heteroatoms. The topological polar surface area (TPSA) is 55.6 Å². The molecular weight excluding hydrogens is 319 g/mol. The van der Waals surface area contributed by atoms with Crippen LogP contribution in [-0.2, 0) is 11.4 Å². The summed E-state index contributed by atoms with van der Waals surface area (Å²) >= 11 is 0. The lowest BCUT2D eigenvalue weighted by atomic mass is 10.2. The van der Waals surface area contributed by atoms with Crippen LogP contribution in [0.5, 0.6) is 5.75 Å². The van der Waals surface area contributed by atoms with Crippen LogP contribution in [0.3, 0.4) is 0 Å². The van der Waals surface area contributed by atoms with E-state index in [1.165, 1.54) is 12.1 Å². The van der Waals surface area contributed by atoms with E-state index < -0.39 is 6.04 Å². The Morgan fingerprint density at radius 1 is 1.22 bits per heavy atom. The van der Waals surface area contributed by atoms with Crippen molar-refractivity contribution in [2.45, 2.75) is 19.1 Å². The number of benzene rings is 2. The summed E-state index contributed by atoms with van der Waals surface area (Å²) in [6.45, 7) is 0.939. The lowest BCUT2D eigenvalue weighted by Gasteiger charge is -2.16. The molecule has 0 aromatic heterocycles. The Morgan fingerprint density at radius 3 is 2.57 bits per heavy atom. The molecule has 0 saturated carbocycles. The van der Waals surface area contributed by atoms with Gasteiger partial charge in [-0.3, -0.25) is 4.79 Å². The lowest BCUT2D eigenvalue weighted by Crippen LogP contribution is -2.33. The van der Waals surface area contributed by atoms with Crippen molar-refractivity contribution in [2.24, 2.45) is 5.73 Å². The molecule has 1 aliphatic heterocycles. The lowest BCUT2D eigenvalue weighted by molar-refractivity contribution is -0.118. The summed E-state index contributed by atoms with van der Waals surface area (Å²) in [6.07, 6.45) is 0.677. The Balaban J connectivity index is 0.00000192. The minimum atomic E-state index is -0.399. The number of rotatable bonds is 4. The smallest absolute Gasteiger partial charge is 0.243 e. The van der Waals surface area contributed by atoms with Crippen LogP contribution in [0.15, 0.2) is 48.5 Å². The molecule has 1 amide bonds. The van der Waals surface area contributed by atoms with Crippen LogP contribution in [0.25, 0.3) is 0 Å². The molecule has 1 aliphatic rings. The van der Waals surface area contributed by atoms with Gasteiger partial charge in [0.2, 0.25) is 5.91 Å². The van der Waals surface area contributed by atoms with Crippen LogP contribution >= 0.6 is 12.4 Å². The molecule has 0 unspecified atom stereocenters. The van der Waals surface area contributed by atoms with Gasteiger partial charge in [-0.1, -0.05) is 12.1 Å². The fraction of sp³-hybridized carbons (Fsp3) is 0.235. The first kappa shape index (κ1) is 17.2. The van der Waals surface area contributed by atoms with E-state index in [1.54, 1.807) is 23.1 Å². The average Bonchev–Trinajstić information content (AvgIpc) is 2.86. The van der Waals surface area contributed by atoms with E-state index in [0.717, 1.165) is 11.3 Å². The highest BCUT2D eigenvalue weighted by atomic mass is 35.5. The molecular formula is C17H18ClFN2O2. The number of anilines is 1. The molecule has 2 N–H and O–H groups in total. The van der Waals surface area contributed by atoms with Crippen molar-refractivity contribution < 1.29 is 13.9 Å². The molecule has 1 saturated heterocycles. The van der Waals surface area contributed by atoms with Crippen molar-refractivity contribution in [3.05, 3.63) is 59.9 Å². The van der Waals surface area contributed by atoms with Crippen LogP contribution in [-0.4, -0.2) is 18.5 Å². The van der Waals surface area contributed by atoms with Gasteiger partial charge in [-0.2, -0.15) is 0 Å². The number of ether oxygens (including phenoxy) is 1. The quantitative estimate of drug-likeness (QED) is 0.934. The van der Waals surface area contributed by atoms with Crippen molar-refractivity contribution >= 4 is 24.0 Å². The highest BCUT2D eigenvalue weighted by molar-refractivity contribution is 5.99. The van der Waals surface area contributed by atoms with Gasteiger partial charge in [0, 0.05) is 12.2 Å². The third kappa shape index (κ3) is 4.00. The maximum absolute atomic E-state index is 13.1. The Labute approximate surface area is 140 Å². The van der Waals surface area contributed by atoms with Crippen LogP contribution in [0.2, 0.25) is 0 Å². The summed E-state index contributed by atoms with van der Waals surface area (Å²) in [5.74, 6) is 0.345. The number of amides is 1. The van der Waals surface area contributed by atoms with Gasteiger partial charge in [-0.05, 0) is 48.4 Å². The third-order valence-corrected chi connectivity index (χ3v) is 3.69. The minimum absolute atomic E-state index is 0. The van der Waals surface area contributed by atoms with E-state index in [9.17, 15) is 9.18 Å². The van der Waals surface area contributed by atoms with Crippen molar-refractivity contribution in [2.75, 3.05) is 11.4 Å². The zero-order chi connectivity index (χ0) is 15.5. The first-order chi connectivity index (χ1) is 10.6. The van der Waals surface area contributed by atoms with Crippen molar-refractivity contribution in [1.82, 2.24) is 0 Å². The third-order valence-electron chi connectivity index (χ3n) is 3.69. The predicted molar refractivity (Wildman–Crippen MR) is 89.4 cm³/mol. The first-order valence-electron chi connectivity index (χ1n) is 7.18. The number of carbonyl (C=O) groups is 1. The van der Waals surface area contributed by atoms with E-state index in [0.29, 0.717) is 25.3 Å². The molecule has 0 spiro atoms. The summed E-state index contributed by atoms with van der Waals surface area (Å²) in [6, 6.07) is 13.2. The molecule has 1 heterocycles. The maximum Gasteiger partial charge on any atom is 0.243 e. The number of hydrogen-bond donors (Lipinski definition) is 1. The monoisotopic (exact) mass is 336 g/mol. The Hall–Kier alpha value is -2.11. The molecule has 23 heavy (non-hydrogen) atoms. The molecule has 2 aromatic rings. The summed E-state index contributed by atoms with van der Waals surface area (Å²) in [4.78, 5) is 13.5. The molecule has 0 radical (unpaired) electrons. The molecule has 4 nitrogen and oxygen atoms in total. The second-order valence-electron chi connectivity index (χ2n) is 5.30. The van der Waals surface area contributed by atoms with Gasteiger partial charge in [-0.15, -0.1) is 12.4 Å². The van der Waals surface area contributed by atoms with Gasteiger partial charge in [0.05, 0.1) is 6.04 Å². The van der Waals surface area contributed by atoms with E-state index >= 15 is 0 Å². The van der Waals surface area contributed by atoms with Crippen LogP contribution in [0, 0.1) is 5.82 Å². The first-order valence-corrected chi connectivity index (χ1v) is 7.18. The molecule has 1 fully saturated rings. The van der Waals surface area contributed by atoms with Crippen LogP contribution < -0.4 is 15.4 Å². The Bertz CT molecular complexity index is 679. The van der Waals surface area contributed by atoms with E-state index in [1.807, 2.05) is 18.2 Å². The second kappa shape index (κ2) is 7.44. The van der Waals surface area contributed by atoms with Crippen molar-refractivity contribution in [3.63, 3.8) is 0 Å². The largest absolute Gasteiger partial charge is 0.489 e. The summed E-state index contributed by atoms with van der Waals surface area (Å²) in [7, 11) is 0. The molecule has 122 valence electrons. The van der Waals surface area contributed by atoms with Gasteiger partial charge >= 0.3 is 0 Å². The zero-order valence-corrected chi connectivity index (χ0v) is 13.3. The second-order valence-corrected chi connectivity index (χ2v) is 5.30. The van der Waals surface area contributed by atoms with E-state index in [2.05, 4.69) is 0 Å². The van der Waals surface area contributed by atoms with Gasteiger partial charge in [0.1, 0.15) is 18.2 Å². The van der Waals surface area contributed by atoms with Gasteiger partial charge in [-0.25, -0.2) is 4.39 Å². The standard InChI is InChI=1S/C17H17FN2O2.ClH/c18-13-3-1-2-12(10-13)11-22-15-6-4-14(5-7-15)20-9-8-16(19)17(20)21;/h1-7,10,16H,8-9,11,19H2;1H/t16-;/m0./s1. The SMILES string of the molecule is Cl.N[C@H]1CCN(c2ccc(OCc3cccc(F)c3)cc2)C1=O. The van der Waals surface area contributed by atoms with E-state index in [-0.39, 0.29) is 24.1 Å². The summed E-state index contributed by atoms with van der Waals surface area (Å²) in [5.41, 5.74) is 7.30. The molecule has 3 rings (SSSR count). The summed E-state index contributed by atoms with van der Waals surface area (Å²) in [5, 5.41) is 0. The fourth-order valence-corrected chi connectivity index (χ4v) is 2.47. The van der Waals surface area contributed by atoms with Crippen LogP contribution in [0.4, 0.5) is 10.1 Å². The zero-order valence-electron chi connectivity index (χ0n) is 12.4. The van der Waals surface area contributed by atoms with Crippen LogP contribution in [0.1, 0.15) is 12.0 Å². The number of nitrogens with zero attached hydrogens (tertiary/aromatic N) is 1. The van der Waals surface area contributed by atoms with Crippen molar-refractivity contribution in [1.29, 1.82) is 0 Å². The average molecular weight is 337 g/mol. The van der Waals surface area contributed by atoms with Gasteiger partial charge in [0.15, 0.2) is 0 Å². The van der Waals surface area contributed by atoms with E-state index in [4.69, 9.17) is 10.5 Å². The Morgan fingerprint density at radius 2 is 1.96 bits per heavy atom. The van der Waals surface area contributed by atoms with Gasteiger partial charge in [0.25, 0.3) is 0 Å². The van der Waals surface area contributed by atoms with Gasteiger partial charge < -0.3 is 15.4 Å². The number of hydrogen-bond acceptors (Lipinski definition) is 3. The number of carbonyl (C=O) groups excluding carboxylic acids is 1. The fourth-order valence-electron chi connectivity index (χ4n) is 2.47. The molecule has 2 aromatic carbocycles. The number of halogens is 2. The minimum Gasteiger partial charge on any atom is -0.489 e. The highest BCUT2D eigenvalue weighted by Crippen LogP contribution is 2.24. The normalized spacial score (nSPS) is 17.0. The number of nitrogens with two attached hydrogens (primary N) is 1. The summed E-state index contributed by atoms with van der Waals surface area (Å²) < 4.78 is 18.7. The molecule has 1 atom stereocenters. The molecule has 0 bridgehead atoms. The maximum atomic E-state index is 13.1. The highest BCUT2D eigenvalue weighted by Gasteiger charge is 2.29. The van der Waals surface area contributed by atoms with Crippen molar-refractivity contribution in [3.8, 4) is 5.75 Å². The Kier molecular flexibility index (Phi) is 5.58. The molecule has 0 aliphatic carbocycles.